The molecule has 0 aliphatic carbocycles. The molecule has 0 amide bonds. The van der Waals surface area contributed by atoms with Gasteiger partial charge in [0.25, 0.3) is 0 Å². The summed E-state index contributed by atoms with van der Waals surface area (Å²) < 4.78 is 0. The van der Waals surface area contributed by atoms with Gasteiger partial charge in [-0.2, -0.15) is 0 Å². The molecule has 1 rings (SSSR count). The summed E-state index contributed by atoms with van der Waals surface area (Å²) >= 11 is 1.74. The lowest BCUT2D eigenvalue weighted by molar-refractivity contribution is 0.308. The molecule has 2 nitrogen and oxygen atoms in total. The number of hydrogen-bond acceptors (Lipinski definition) is 3. The first-order valence-corrected chi connectivity index (χ1v) is 6.50. The van der Waals surface area contributed by atoms with Crippen LogP contribution in [-0.4, -0.2) is 18.1 Å². The number of rotatable bonds is 5. The zero-order valence-electron chi connectivity index (χ0n) is 10.4. The molecular weight excluding hydrogens is 204 g/mol. The molecule has 3 heteroatoms. The molecule has 0 aliphatic heterocycles. The predicted octanol–water partition coefficient (Wildman–Crippen LogP) is 2.87. The Hall–Kier alpha value is -0.410. The number of hydrogen-bond donors (Lipinski definition) is 1. The smallest absolute Gasteiger partial charge is 0.0897 e. The fraction of sp³-hybridized carbons (Fsp3) is 0.750. The van der Waals surface area contributed by atoms with Gasteiger partial charge in [-0.25, -0.2) is 4.98 Å². The molecule has 0 radical (unpaired) electrons. The number of aromatic nitrogens is 1. The highest BCUT2D eigenvalue weighted by atomic mass is 32.1. The van der Waals surface area contributed by atoms with Crippen LogP contribution in [0.2, 0.25) is 0 Å². The predicted molar refractivity (Wildman–Crippen MR) is 67.4 cm³/mol. The molecule has 86 valence electrons. The molecule has 0 spiro atoms. The standard InChI is InChI=1S/C12H22N2S/c1-8(2)9(3)12(13-5)6-11-7-15-10(4)14-11/h7-9,12-13H,6H2,1-5H3. The van der Waals surface area contributed by atoms with Gasteiger partial charge in [0.2, 0.25) is 0 Å². The van der Waals surface area contributed by atoms with Crippen LogP contribution in [-0.2, 0) is 6.42 Å². The molecule has 0 aliphatic rings. The molecule has 0 saturated carbocycles. The summed E-state index contributed by atoms with van der Waals surface area (Å²) in [5.74, 6) is 1.39. The molecule has 0 bridgehead atoms. The molecular formula is C12H22N2S. The summed E-state index contributed by atoms with van der Waals surface area (Å²) in [6, 6.07) is 0.534. The molecule has 0 aromatic carbocycles. The SMILES string of the molecule is CNC(Cc1csc(C)n1)C(C)C(C)C. The molecule has 0 saturated heterocycles. The van der Waals surface area contributed by atoms with E-state index in [0.717, 1.165) is 11.4 Å². The van der Waals surface area contributed by atoms with E-state index in [4.69, 9.17) is 0 Å². The first kappa shape index (κ1) is 12.7. The van der Waals surface area contributed by atoms with Crippen LogP contribution in [0.15, 0.2) is 5.38 Å². The molecule has 1 heterocycles. The van der Waals surface area contributed by atoms with Gasteiger partial charge in [-0.15, -0.1) is 11.3 Å². The topological polar surface area (TPSA) is 24.9 Å². The van der Waals surface area contributed by atoms with Gasteiger partial charge in [0.05, 0.1) is 10.7 Å². The van der Waals surface area contributed by atoms with Crippen molar-refractivity contribution in [3.8, 4) is 0 Å². The molecule has 15 heavy (non-hydrogen) atoms. The minimum absolute atomic E-state index is 0.534. The van der Waals surface area contributed by atoms with Gasteiger partial charge in [0, 0.05) is 17.8 Å². The van der Waals surface area contributed by atoms with Gasteiger partial charge >= 0.3 is 0 Å². The van der Waals surface area contributed by atoms with E-state index in [0.29, 0.717) is 17.9 Å². The van der Waals surface area contributed by atoms with E-state index in [1.165, 1.54) is 5.69 Å². The van der Waals surface area contributed by atoms with Crippen molar-refractivity contribution in [2.45, 2.75) is 40.2 Å². The van der Waals surface area contributed by atoms with E-state index in [1.807, 2.05) is 7.05 Å². The first-order valence-electron chi connectivity index (χ1n) is 5.62. The van der Waals surface area contributed by atoms with E-state index in [1.54, 1.807) is 11.3 Å². The third-order valence-corrected chi connectivity index (χ3v) is 3.97. The van der Waals surface area contributed by atoms with Gasteiger partial charge in [0.15, 0.2) is 0 Å². The van der Waals surface area contributed by atoms with Gasteiger partial charge in [-0.3, -0.25) is 0 Å². The van der Waals surface area contributed by atoms with Crippen molar-refractivity contribution < 1.29 is 0 Å². The lowest BCUT2D eigenvalue weighted by atomic mass is 9.88. The monoisotopic (exact) mass is 226 g/mol. The maximum atomic E-state index is 4.52. The maximum Gasteiger partial charge on any atom is 0.0897 e. The van der Waals surface area contributed by atoms with Crippen molar-refractivity contribution >= 4 is 11.3 Å². The second-order valence-corrected chi connectivity index (χ2v) is 5.62. The van der Waals surface area contributed by atoms with Crippen LogP contribution in [0.4, 0.5) is 0 Å². The Morgan fingerprint density at radius 3 is 2.47 bits per heavy atom. The third-order valence-electron chi connectivity index (χ3n) is 3.15. The Morgan fingerprint density at radius 2 is 2.07 bits per heavy atom. The van der Waals surface area contributed by atoms with Crippen molar-refractivity contribution in [1.29, 1.82) is 0 Å². The van der Waals surface area contributed by atoms with Crippen molar-refractivity contribution in [2.24, 2.45) is 11.8 Å². The Labute approximate surface area is 97.1 Å². The maximum absolute atomic E-state index is 4.52. The quantitative estimate of drug-likeness (QED) is 0.835. The molecule has 2 atom stereocenters. The third kappa shape index (κ3) is 3.58. The van der Waals surface area contributed by atoms with Crippen LogP contribution in [0.3, 0.4) is 0 Å². The number of thiazole rings is 1. The van der Waals surface area contributed by atoms with Crippen LogP contribution < -0.4 is 5.32 Å². The van der Waals surface area contributed by atoms with E-state index < -0.39 is 0 Å². The highest BCUT2D eigenvalue weighted by Crippen LogP contribution is 2.19. The Bertz CT molecular complexity index is 294. The highest BCUT2D eigenvalue weighted by Gasteiger charge is 2.19. The normalized spacial score (nSPS) is 15.6. The van der Waals surface area contributed by atoms with Gasteiger partial charge in [0.1, 0.15) is 0 Å². The summed E-state index contributed by atoms with van der Waals surface area (Å²) in [5.41, 5.74) is 1.23. The fourth-order valence-electron chi connectivity index (χ4n) is 1.74. The Kier molecular flexibility index (Phi) is 4.74. The second kappa shape index (κ2) is 5.61. The van der Waals surface area contributed by atoms with Crippen LogP contribution >= 0.6 is 11.3 Å². The largest absolute Gasteiger partial charge is 0.316 e. The van der Waals surface area contributed by atoms with E-state index in [2.05, 4.69) is 43.4 Å². The van der Waals surface area contributed by atoms with Crippen molar-refractivity contribution in [3.63, 3.8) is 0 Å². The van der Waals surface area contributed by atoms with Crippen molar-refractivity contribution in [2.75, 3.05) is 7.05 Å². The summed E-state index contributed by atoms with van der Waals surface area (Å²) in [6.07, 6.45) is 1.04. The lowest BCUT2D eigenvalue weighted by Gasteiger charge is -2.26. The average molecular weight is 226 g/mol. The number of likely N-dealkylation sites (N-methyl/N-ethyl adjacent to an activating group) is 1. The number of nitrogens with zero attached hydrogens (tertiary/aromatic N) is 1. The summed E-state index contributed by atoms with van der Waals surface area (Å²) in [7, 11) is 2.04. The average Bonchev–Trinajstić information content (AvgIpc) is 2.59. The molecule has 1 aromatic rings. The molecule has 0 fully saturated rings. The van der Waals surface area contributed by atoms with E-state index >= 15 is 0 Å². The van der Waals surface area contributed by atoms with Crippen LogP contribution in [0.25, 0.3) is 0 Å². The van der Waals surface area contributed by atoms with Crippen LogP contribution in [0.1, 0.15) is 31.5 Å². The van der Waals surface area contributed by atoms with Crippen molar-refractivity contribution in [3.05, 3.63) is 16.1 Å². The summed E-state index contributed by atoms with van der Waals surface area (Å²) in [5, 5.41) is 6.74. The zero-order chi connectivity index (χ0) is 11.4. The number of nitrogens with one attached hydrogen (secondary N) is 1. The van der Waals surface area contributed by atoms with Crippen LogP contribution in [0, 0.1) is 18.8 Å². The Balaban J connectivity index is 2.61. The van der Waals surface area contributed by atoms with Gasteiger partial charge in [-0.1, -0.05) is 20.8 Å². The van der Waals surface area contributed by atoms with E-state index in [9.17, 15) is 0 Å². The molecule has 1 N–H and O–H groups in total. The molecule has 2 unspecified atom stereocenters. The van der Waals surface area contributed by atoms with E-state index in [-0.39, 0.29) is 0 Å². The van der Waals surface area contributed by atoms with Crippen molar-refractivity contribution in [1.82, 2.24) is 10.3 Å². The van der Waals surface area contributed by atoms with Crippen LogP contribution in [0.5, 0.6) is 0 Å². The summed E-state index contributed by atoms with van der Waals surface area (Å²) in [6.45, 7) is 8.93. The molecule has 1 aromatic heterocycles. The van der Waals surface area contributed by atoms with Gasteiger partial charge < -0.3 is 5.32 Å². The first-order chi connectivity index (χ1) is 7.04. The fourth-order valence-corrected chi connectivity index (χ4v) is 2.37. The minimum atomic E-state index is 0.534. The Morgan fingerprint density at radius 1 is 1.40 bits per heavy atom. The number of aryl methyl sites for hydroxylation is 1. The highest BCUT2D eigenvalue weighted by molar-refractivity contribution is 7.09. The zero-order valence-corrected chi connectivity index (χ0v) is 11.2. The second-order valence-electron chi connectivity index (χ2n) is 4.56. The lowest BCUT2D eigenvalue weighted by Crippen LogP contribution is -2.36. The van der Waals surface area contributed by atoms with Gasteiger partial charge in [-0.05, 0) is 25.8 Å². The summed E-state index contributed by atoms with van der Waals surface area (Å²) in [4.78, 5) is 4.52. The minimum Gasteiger partial charge on any atom is -0.316 e.